The molecule has 1 atom stereocenters. The lowest BCUT2D eigenvalue weighted by Crippen LogP contribution is -2.41. The number of esters is 1. The van der Waals surface area contributed by atoms with Crippen LogP contribution in [-0.4, -0.2) is 30.1 Å². The molecule has 0 spiro atoms. The van der Waals surface area contributed by atoms with Crippen molar-refractivity contribution >= 4 is 5.97 Å². The summed E-state index contributed by atoms with van der Waals surface area (Å²) in [6.07, 6.45) is 3.75. The summed E-state index contributed by atoms with van der Waals surface area (Å²) in [4.78, 5) is 33.6. The van der Waals surface area contributed by atoms with Crippen molar-refractivity contribution in [1.29, 1.82) is 0 Å². The predicted molar refractivity (Wildman–Crippen MR) is 85.1 cm³/mol. The van der Waals surface area contributed by atoms with Gasteiger partial charge in [0, 0.05) is 12.8 Å². The Labute approximate surface area is 138 Å². The van der Waals surface area contributed by atoms with Crippen LogP contribution in [0.4, 0.5) is 0 Å². The lowest BCUT2D eigenvalue weighted by Gasteiger charge is -2.36. The van der Waals surface area contributed by atoms with E-state index < -0.39 is 23.5 Å². The molecule has 0 aliphatic heterocycles. The van der Waals surface area contributed by atoms with Crippen molar-refractivity contribution in [2.45, 2.75) is 84.2 Å². The van der Waals surface area contributed by atoms with Gasteiger partial charge in [0.15, 0.2) is 0 Å². The van der Waals surface area contributed by atoms with Crippen LogP contribution in [0, 0.1) is 0 Å². The molecule has 6 nitrogen and oxygen atoms in total. The minimum Gasteiger partial charge on any atom is -0.463 e. The van der Waals surface area contributed by atoms with Gasteiger partial charge in [0.25, 0.3) is 0 Å². The van der Waals surface area contributed by atoms with E-state index in [9.17, 15) is 4.79 Å². The Morgan fingerprint density at radius 1 is 1.17 bits per heavy atom. The maximum absolute atomic E-state index is 11.7. The highest BCUT2D eigenvalue weighted by Gasteiger charge is 2.39. The van der Waals surface area contributed by atoms with Crippen LogP contribution in [0.3, 0.4) is 0 Å². The first-order valence-corrected chi connectivity index (χ1v) is 8.26. The molecule has 0 amide bonds. The SMILES string of the molecule is C=C(C(=O)OCC)C(C)OOC1(OOC(C)(C)C)CCCCC1. The van der Waals surface area contributed by atoms with Crippen LogP contribution in [0.5, 0.6) is 0 Å². The zero-order valence-corrected chi connectivity index (χ0v) is 15.0. The molecule has 1 saturated carbocycles. The van der Waals surface area contributed by atoms with Gasteiger partial charge in [-0.15, -0.1) is 0 Å². The molecule has 1 aliphatic rings. The molecule has 134 valence electrons. The zero-order chi connectivity index (χ0) is 17.5. The Morgan fingerprint density at radius 2 is 1.78 bits per heavy atom. The maximum Gasteiger partial charge on any atom is 0.336 e. The fourth-order valence-electron chi connectivity index (χ4n) is 2.08. The second-order valence-electron chi connectivity index (χ2n) is 6.82. The molecule has 1 aliphatic carbocycles. The molecule has 0 saturated heterocycles. The van der Waals surface area contributed by atoms with Crippen molar-refractivity contribution in [3.05, 3.63) is 12.2 Å². The fourth-order valence-corrected chi connectivity index (χ4v) is 2.08. The number of carbonyl (C=O) groups excluding carboxylic acids is 1. The quantitative estimate of drug-likeness (QED) is 0.221. The monoisotopic (exact) mass is 330 g/mol. The van der Waals surface area contributed by atoms with E-state index in [1.807, 2.05) is 20.8 Å². The molecule has 23 heavy (non-hydrogen) atoms. The normalized spacial score (nSPS) is 19.2. The minimum absolute atomic E-state index is 0.203. The molecule has 0 aromatic heterocycles. The van der Waals surface area contributed by atoms with Gasteiger partial charge in [-0.3, -0.25) is 0 Å². The first-order chi connectivity index (χ1) is 10.7. The summed E-state index contributed by atoms with van der Waals surface area (Å²) in [5.41, 5.74) is -0.247. The Balaban J connectivity index is 2.60. The van der Waals surface area contributed by atoms with Gasteiger partial charge in [-0.2, -0.15) is 9.78 Å². The lowest BCUT2D eigenvalue weighted by atomic mass is 9.94. The molecule has 0 radical (unpaired) electrons. The molecule has 0 heterocycles. The highest BCUT2D eigenvalue weighted by atomic mass is 17.3. The molecular weight excluding hydrogens is 300 g/mol. The highest BCUT2D eigenvalue weighted by Crippen LogP contribution is 2.35. The van der Waals surface area contributed by atoms with Gasteiger partial charge >= 0.3 is 5.97 Å². The highest BCUT2D eigenvalue weighted by molar-refractivity contribution is 5.88. The van der Waals surface area contributed by atoms with E-state index in [4.69, 9.17) is 24.3 Å². The smallest absolute Gasteiger partial charge is 0.336 e. The van der Waals surface area contributed by atoms with E-state index in [0.717, 1.165) is 19.3 Å². The van der Waals surface area contributed by atoms with E-state index in [1.54, 1.807) is 13.8 Å². The average molecular weight is 330 g/mol. The van der Waals surface area contributed by atoms with Gasteiger partial charge in [-0.1, -0.05) is 13.0 Å². The van der Waals surface area contributed by atoms with Crippen molar-refractivity contribution < 1.29 is 29.1 Å². The number of hydrogen-bond donors (Lipinski definition) is 0. The first kappa shape index (κ1) is 20.1. The Hall–Kier alpha value is -0.950. The van der Waals surface area contributed by atoms with Gasteiger partial charge in [-0.25, -0.2) is 14.6 Å². The zero-order valence-electron chi connectivity index (χ0n) is 15.0. The Kier molecular flexibility index (Phi) is 7.67. The summed E-state index contributed by atoms with van der Waals surface area (Å²) in [6.45, 7) is 13.1. The van der Waals surface area contributed by atoms with Crippen molar-refractivity contribution in [1.82, 2.24) is 0 Å². The van der Waals surface area contributed by atoms with Crippen LogP contribution in [0.1, 0.15) is 66.7 Å². The summed E-state index contributed by atoms with van der Waals surface area (Å²) >= 11 is 0. The average Bonchev–Trinajstić information content (AvgIpc) is 2.50. The molecule has 1 rings (SSSR count). The molecular formula is C17H30O6. The van der Waals surface area contributed by atoms with E-state index in [1.165, 1.54) is 0 Å². The summed E-state index contributed by atoms with van der Waals surface area (Å²) in [6, 6.07) is 0. The third-order valence-electron chi connectivity index (χ3n) is 3.43. The van der Waals surface area contributed by atoms with E-state index in [0.29, 0.717) is 12.8 Å². The predicted octanol–water partition coefficient (Wildman–Crippen LogP) is 3.85. The molecule has 0 aromatic rings. The van der Waals surface area contributed by atoms with Gasteiger partial charge < -0.3 is 4.74 Å². The fraction of sp³-hybridized carbons (Fsp3) is 0.824. The summed E-state index contributed by atoms with van der Waals surface area (Å²) in [5.74, 6) is -1.44. The van der Waals surface area contributed by atoms with Crippen LogP contribution in [0.25, 0.3) is 0 Å². The minimum atomic E-state index is -0.950. The Bertz CT molecular complexity index is 392. The summed E-state index contributed by atoms with van der Waals surface area (Å²) in [7, 11) is 0. The molecule has 1 fully saturated rings. The van der Waals surface area contributed by atoms with Gasteiger partial charge in [-0.05, 0) is 47.5 Å². The Morgan fingerprint density at radius 3 is 2.30 bits per heavy atom. The summed E-state index contributed by atoms with van der Waals surface area (Å²) < 4.78 is 4.90. The van der Waals surface area contributed by atoms with Crippen molar-refractivity contribution in [2.75, 3.05) is 6.61 Å². The van der Waals surface area contributed by atoms with Gasteiger partial charge in [0.1, 0.15) is 6.10 Å². The van der Waals surface area contributed by atoms with Crippen molar-refractivity contribution in [2.24, 2.45) is 0 Å². The molecule has 1 unspecified atom stereocenters. The van der Waals surface area contributed by atoms with Crippen LogP contribution in [-0.2, 0) is 29.1 Å². The topological polar surface area (TPSA) is 63.2 Å². The second-order valence-corrected chi connectivity index (χ2v) is 6.82. The van der Waals surface area contributed by atoms with E-state index >= 15 is 0 Å². The number of rotatable bonds is 8. The lowest BCUT2D eigenvalue weighted by molar-refractivity contribution is -0.536. The second kappa shape index (κ2) is 8.78. The van der Waals surface area contributed by atoms with Crippen LogP contribution >= 0.6 is 0 Å². The number of ether oxygens (including phenoxy) is 1. The van der Waals surface area contributed by atoms with Crippen molar-refractivity contribution in [3.63, 3.8) is 0 Å². The number of carbonyl (C=O) groups is 1. The largest absolute Gasteiger partial charge is 0.463 e. The maximum atomic E-state index is 11.7. The summed E-state index contributed by atoms with van der Waals surface area (Å²) in [5, 5.41) is 0. The first-order valence-electron chi connectivity index (χ1n) is 8.26. The van der Waals surface area contributed by atoms with Gasteiger partial charge in [0.2, 0.25) is 5.79 Å². The van der Waals surface area contributed by atoms with E-state index in [2.05, 4.69) is 6.58 Å². The van der Waals surface area contributed by atoms with Crippen LogP contribution in [0.2, 0.25) is 0 Å². The number of hydrogen-bond acceptors (Lipinski definition) is 6. The molecule has 6 heteroatoms. The third-order valence-corrected chi connectivity index (χ3v) is 3.43. The standard InChI is InChI=1S/C17H30O6/c1-7-19-15(18)13(2)14(3)20-22-17(11-9-8-10-12-17)23-21-16(4,5)6/h14H,2,7-12H2,1,3-6H3. The van der Waals surface area contributed by atoms with Crippen LogP contribution < -0.4 is 0 Å². The van der Waals surface area contributed by atoms with Crippen LogP contribution in [0.15, 0.2) is 12.2 Å². The molecule has 0 N–H and O–H groups in total. The van der Waals surface area contributed by atoms with E-state index in [-0.39, 0.29) is 12.2 Å². The van der Waals surface area contributed by atoms with Crippen molar-refractivity contribution in [3.8, 4) is 0 Å². The third kappa shape index (κ3) is 6.99. The molecule has 0 aromatic carbocycles. The molecule has 0 bridgehead atoms. The van der Waals surface area contributed by atoms with Gasteiger partial charge in [0.05, 0.1) is 17.8 Å².